The summed E-state index contributed by atoms with van der Waals surface area (Å²) in [5.74, 6) is -5.06. The highest BCUT2D eigenvalue weighted by atomic mass is 19.2. The molecule has 0 aliphatic rings. The lowest BCUT2D eigenvalue weighted by molar-refractivity contribution is -0.116. The lowest BCUT2D eigenvalue weighted by atomic mass is 10.2. The number of halogens is 3. The molecule has 6 nitrogen and oxygen atoms in total. The summed E-state index contributed by atoms with van der Waals surface area (Å²) in [6, 6.07) is 5.52. The van der Waals surface area contributed by atoms with E-state index in [9.17, 15) is 22.8 Å². The predicted molar refractivity (Wildman–Crippen MR) is 95.3 cm³/mol. The molecule has 0 bridgehead atoms. The molecular weight excluding hydrogens is 363 g/mol. The van der Waals surface area contributed by atoms with E-state index < -0.39 is 35.1 Å². The van der Waals surface area contributed by atoms with E-state index in [1.54, 1.807) is 18.2 Å². The third-order valence-electron chi connectivity index (χ3n) is 3.58. The SMILES string of the molecule is COc1ccc(NC(C)=O)cc1N[C@H](C)C(=O)Nc1ccc(F)c(F)c1F. The van der Waals surface area contributed by atoms with Crippen LogP contribution in [-0.2, 0) is 9.59 Å². The monoisotopic (exact) mass is 381 g/mol. The van der Waals surface area contributed by atoms with E-state index in [0.717, 1.165) is 6.07 Å². The summed E-state index contributed by atoms with van der Waals surface area (Å²) < 4.78 is 45.1. The quantitative estimate of drug-likeness (QED) is 0.669. The minimum Gasteiger partial charge on any atom is -0.495 e. The number of benzene rings is 2. The summed E-state index contributed by atoms with van der Waals surface area (Å²) in [6.45, 7) is 2.83. The first-order valence-corrected chi connectivity index (χ1v) is 7.89. The third kappa shape index (κ3) is 4.90. The second-order valence-corrected chi connectivity index (χ2v) is 5.67. The third-order valence-corrected chi connectivity index (χ3v) is 3.58. The van der Waals surface area contributed by atoms with Crippen LogP contribution in [0.3, 0.4) is 0 Å². The van der Waals surface area contributed by atoms with Gasteiger partial charge in [0.2, 0.25) is 11.8 Å². The highest BCUT2D eigenvalue weighted by molar-refractivity contribution is 5.97. The Morgan fingerprint density at radius 3 is 2.33 bits per heavy atom. The van der Waals surface area contributed by atoms with Crippen LogP contribution in [-0.4, -0.2) is 25.0 Å². The molecule has 0 saturated heterocycles. The Kier molecular flexibility index (Phi) is 6.27. The van der Waals surface area contributed by atoms with Crippen LogP contribution in [0.1, 0.15) is 13.8 Å². The molecule has 0 aliphatic carbocycles. The van der Waals surface area contributed by atoms with Gasteiger partial charge in [0, 0.05) is 12.6 Å². The number of rotatable bonds is 6. The number of nitrogens with one attached hydrogen (secondary N) is 3. The first-order valence-electron chi connectivity index (χ1n) is 7.89. The van der Waals surface area contributed by atoms with Gasteiger partial charge in [-0.05, 0) is 37.3 Å². The van der Waals surface area contributed by atoms with Gasteiger partial charge in [0.1, 0.15) is 11.8 Å². The summed E-state index contributed by atoms with van der Waals surface area (Å²) in [5.41, 5.74) is 0.397. The largest absolute Gasteiger partial charge is 0.495 e. The van der Waals surface area contributed by atoms with E-state index in [1.165, 1.54) is 21.0 Å². The number of hydrogen-bond donors (Lipinski definition) is 3. The fourth-order valence-corrected chi connectivity index (χ4v) is 2.26. The molecule has 27 heavy (non-hydrogen) atoms. The smallest absolute Gasteiger partial charge is 0.246 e. The topological polar surface area (TPSA) is 79.5 Å². The van der Waals surface area contributed by atoms with Crippen molar-refractivity contribution in [3.63, 3.8) is 0 Å². The first-order chi connectivity index (χ1) is 12.7. The molecule has 0 aromatic heterocycles. The molecule has 3 N–H and O–H groups in total. The van der Waals surface area contributed by atoms with Crippen LogP contribution >= 0.6 is 0 Å². The standard InChI is InChI=1S/C18H18F3N3O3/c1-9(18(26)24-13-6-5-12(19)16(20)17(13)21)22-14-8-11(23-10(2)25)4-7-15(14)27-3/h4-9,22H,1-3H3,(H,23,25)(H,24,26)/t9-/m1/s1. The van der Waals surface area contributed by atoms with E-state index in [0.29, 0.717) is 23.2 Å². The van der Waals surface area contributed by atoms with Gasteiger partial charge in [-0.3, -0.25) is 9.59 Å². The number of carbonyl (C=O) groups excluding carboxylic acids is 2. The van der Waals surface area contributed by atoms with Crippen LogP contribution in [0, 0.1) is 17.5 Å². The van der Waals surface area contributed by atoms with Crippen LogP contribution in [0.4, 0.5) is 30.2 Å². The van der Waals surface area contributed by atoms with Crippen LogP contribution in [0.25, 0.3) is 0 Å². The zero-order chi connectivity index (χ0) is 20.1. The lowest BCUT2D eigenvalue weighted by Gasteiger charge is -2.18. The molecule has 9 heteroatoms. The van der Waals surface area contributed by atoms with E-state index in [2.05, 4.69) is 16.0 Å². The molecule has 0 spiro atoms. The highest BCUT2D eigenvalue weighted by Gasteiger charge is 2.19. The van der Waals surface area contributed by atoms with Crippen LogP contribution in [0.5, 0.6) is 5.75 Å². The average Bonchev–Trinajstić information content (AvgIpc) is 2.62. The highest BCUT2D eigenvalue weighted by Crippen LogP contribution is 2.29. The van der Waals surface area contributed by atoms with Crippen molar-refractivity contribution in [3.8, 4) is 5.75 Å². The lowest BCUT2D eigenvalue weighted by Crippen LogP contribution is -2.32. The minimum atomic E-state index is -1.67. The molecule has 0 heterocycles. The van der Waals surface area contributed by atoms with E-state index in [4.69, 9.17) is 4.74 Å². The van der Waals surface area contributed by atoms with Gasteiger partial charge < -0.3 is 20.7 Å². The maximum Gasteiger partial charge on any atom is 0.246 e. The Balaban J connectivity index is 2.16. The summed E-state index contributed by atoms with van der Waals surface area (Å²) >= 11 is 0. The first kappa shape index (κ1) is 20.1. The van der Waals surface area contributed by atoms with Crippen molar-refractivity contribution in [2.75, 3.05) is 23.1 Å². The predicted octanol–water partition coefficient (Wildman–Crippen LogP) is 3.51. The van der Waals surface area contributed by atoms with Gasteiger partial charge in [0.05, 0.1) is 18.5 Å². The molecule has 0 aliphatic heterocycles. The fraction of sp³-hybridized carbons (Fsp3) is 0.222. The maximum absolute atomic E-state index is 13.7. The normalized spacial score (nSPS) is 11.5. The molecule has 2 aromatic rings. The van der Waals surface area contributed by atoms with Gasteiger partial charge in [-0.2, -0.15) is 0 Å². The Bertz CT molecular complexity index is 874. The van der Waals surface area contributed by atoms with Crippen molar-refractivity contribution in [1.82, 2.24) is 0 Å². The summed E-state index contributed by atoms with van der Waals surface area (Å²) in [5, 5.41) is 7.65. The second-order valence-electron chi connectivity index (χ2n) is 5.67. The Morgan fingerprint density at radius 1 is 1.00 bits per heavy atom. The molecule has 0 radical (unpaired) electrons. The van der Waals surface area contributed by atoms with Crippen LogP contribution in [0.2, 0.25) is 0 Å². The van der Waals surface area contributed by atoms with Crippen molar-refractivity contribution >= 4 is 28.9 Å². The molecule has 2 rings (SSSR count). The molecule has 144 valence electrons. The Morgan fingerprint density at radius 2 is 1.70 bits per heavy atom. The van der Waals surface area contributed by atoms with Crippen LogP contribution < -0.4 is 20.7 Å². The van der Waals surface area contributed by atoms with Gasteiger partial charge in [-0.25, -0.2) is 13.2 Å². The number of amides is 2. The van der Waals surface area contributed by atoms with Gasteiger partial charge in [-0.1, -0.05) is 0 Å². The van der Waals surface area contributed by atoms with Crippen molar-refractivity contribution < 1.29 is 27.5 Å². The average molecular weight is 381 g/mol. The Hall–Kier alpha value is -3.23. The molecule has 2 aromatic carbocycles. The van der Waals surface area contributed by atoms with Crippen molar-refractivity contribution in [1.29, 1.82) is 0 Å². The zero-order valence-corrected chi connectivity index (χ0v) is 14.8. The van der Waals surface area contributed by atoms with E-state index >= 15 is 0 Å². The van der Waals surface area contributed by atoms with Crippen molar-refractivity contribution in [2.45, 2.75) is 19.9 Å². The Labute approximate surface area is 153 Å². The zero-order valence-electron chi connectivity index (χ0n) is 14.8. The van der Waals surface area contributed by atoms with Gasteiger partial charge in [-0.15, -0.1) is 0 Å². The number of methoxy groups -OCH3 is 1. The van der Waals surface area contributed by atoms with Crippen molar-refractivity contribution in [3.05, 3.63) is 47.8 Å². The van der Waals surface area contributed by atoms with Gasteiger partial charge in [0.25, 0.3) is 0 Å². The molecule has 0 unspecified atom stereocenters. The van der Waals surface area contributed by atoms with Crippen LogP contribution in [0.15, 0.2) is 30.3 Å². The number of anilines is 3. The molecule has 2 amide bonds. The second kappa shape index (κ2) is 8.43. The number of carbonyl (C=O) groups is 2. The van der Waals surface area contributed by atoms with E-state index in [-0.39, 0.29) is 5.91 Å². The minimum absolute atomic E-state index is 0.272. The van der Waals surface area contributed by atoms with E-state index in [1.807, 2.05) is 0 Å². The summed E-state index contributed by atoms with van der Waals surface area (Å²) in [4.78, 5) is 23.4. The summed E-state index contributed by atoms with van der Waals surface area (Å²) in [6.07, 6.45) is 0. The molecule has 0 saturated carbocycles. The number of ether oxygens (including phenoxy) is 1. The van der Waals surface area contributed by atoms with Crippen molar-refractivity contribution in [2.24, 2.45) is 0 Å². The summed E-state index contributed by atoms with van der Waals surface area (Å²) in [7, 11) is 1.43. The van der Waals surface area contributed by atoms with Gasteiger partial charge >= 0.3 is 0 Å². The maximum atomic E-state index is 13.7. The molecule has 1 atom stereocenters. The molecule has 0 fully saturated rings. The fourth-order valence-electron chi connectivity index (χ4n) is 2.26. The van der Waals surface area contributed by atoms with Gasteiger partial charge in [0.15, 0.2) is 17.5 Å². The molecular formula is C18H18F3N3O3. The number of hydrogen-bond acceptors (Lipinski definition) is 4.